The van der Waals surface area contributed by atoms with E-state index in [2.05, 4.69) is 26.2 Å². The van der Waals surface area contributed by atoms with Crippen molar-refractivity contribution in [3.8, 4) is 17.3 Å². The van der Waals surface area contributed by atoms with Gasteiger partial charge in [-0.05, 0) is 30.3 Å². The van der Waals surface area contributed by atoms with Crippen molar-refractivity contribution in [2.24, 2.45) is 0 Å². The van der Waals surface area contributed by atoms with E-state index in [9.17, 15) is 20.2 Å². The van der Waals surface area contributed by atoms with Gasteiger partial charge in [-0.2, -0.15) is 5.26 Å². The molecule has 0 spiro atoms. The molecular formula is C21H11BrN4O4S. The first kappa shape index (κ1) is 20.5. The Morgan fingerprint density at radius 3 is 2.87 bits per heavy atom. The third-order valence-corrected chi connectivity index (χ3v) is 5.67. The Bertz CT molecular complexity index is 1450. The van der Waals surface area contributed by atoms with Gasteiger partial charge in [0.25, 0.3) is 5.69 Å². The van der Waals surface area contributed by atoms with Crippen LogP contribution in [0.3, 0.4) is 0 Å². The molecule has 2 heterocycles. The summed E-state index contributed by atoms with van der Waals surface area (Å²) < 4.78 is 6.21. The quantitative estimate of drug-likeness (QED) is 0.166. The van der Waals surface area contributed by atoms with Crippen molar-refractivity contribution in [2.75, 3.05) is 5.32 Å². The summed E-state index contributed by atoms with van der Waals surface area (Å²) in [5.41, 5.74) is 0.876. The Labute approximate surface area is 187 Å². The molecule has 0 bridgehead atoms. The van der Waals surface area contributed by atoms with Crippen molar-refractivity contribution in [3.05, 3.63) is 90.1 Å². The third-order valence-electron chi connectivity index (χ3n) is 4.30. The molecule has 10 heteroatoms. The number of para-hydroxylation sites is 2. The number of nitro groups is 1. The number of nitriles is 1. The molecule has 0 saturated carbocycles. The second-order valence-electron chi connectivity index (χ2n) is 6.26. The van der Waals surface area contributed by atoms with Crippen LogP contribution >= 0.6 is 27.3 Å². The predicted molar refractivity (Wildman–Crippen MR) is 122 cm³/mol. The minimum atomic E-state index is -0.535. The van der Waals surface area contributed by atoms with Crippen LogP contribution in [0.25, 0.3) is 27.8 Å². The first-order chi connectivity index (χ1) is 15.0. The topological polar surface area (TPSA) is 122 Å². The van der Waals surface area contributed by atoms with Gasteiger partial charge in [-0.1, -0.05) is 28.1 Å². The second-order valence-corrected chi connectivity index (χ2v) is 8.03. The molecule has 0 saturated heterocycles. The standard InChI is InChI=1S/C21H11BrN4O4S/c22-14-5-6-19-12(7-14)8-15(21(27)30-19)17-11-31-20(25-17)13(9-23)10-24-16-3-1-2-4-18(16)26(28)29/h1-8,10-11,24H/b13-10+. The lowest BCUT2D eigenvalue weighted by Gasteiger charge is -2.02. The molecule has 0 fully saturated rings. The van der Waals surface area contributed by atoms with E-state index in [1.54, 1.807) is 35.7 Å². The highest BCUT2D eigenvalue weighted by atomic mass is 79.9. The summed E-state index contributed by atoms with van der Waals surface area (Å²) in [5.74, 6) is 0. The van der Waals surface area contributed by atoms with Gasteiger partial charge in [-0.3, -0.25) is 10.1 Å². The zero-order valence-electron chi connectivity index (χ0n) is 15.5. The second kappa shape index (κ2) is 8.51. The van der Waals surface area contributed by atoms with Crippen molar-refractivity contribution in [1.29, 1.82) is 5.26 Å². The summed E-state index contributed by atoms with van der Waals surface area (Å²) in [6.45, 7) is 0. The van der Waals surface area contributed by atoms with E-state index in [1.807, 2.05) is 12.1 Å². The Morgan fingerprint density at radius 2 is 2.10 bits per heavy atom. The number of hydrogen-bond acceptors (Lipinski definition) is 8. The lowest BCUT2D eigenvalue weighted by atomic mass is 10.1. The van der Waals surface area contributed by atoms with Gasteiger partial charge in [0, 0.05) is 27.5 Å². The monoisotopic (exact) mass is 494 g/mol. The maximum absolute atomic E-state index is 12.4. The fourth-order valence-corrected chi connectivity index (χ4v) is 4.00. The number of allylic oxidation sites excluding steroid dienone is 1. The zero-order chi connectivity index (χ0) is 22.0. The summed E-state index contributed by atoms with van der Waals surface area (Å²) in [7, 11) is 0. The summed E-state index contributed by atoms with van der Waals surface area (Å²) in [6, 6.07) is 15.1. The van der Waals surface area contributed by atoms with E-state index in [0.717, 1.165) is 9.86 Å². The molecule has 2 aromatic heterocycles. The van der Waals surface area contributed by atoms with Crippen molar-refractivity contribution in [1.82, 2.24) is 4.98 Å². The summed E-state index contributed by atoms with van der Waals surface area (Å²) >= 11 is 4.56. The molecule has 152 valence electrons. The molecule has 4 rings (SSSR count). The van der Waals surface area contributed by atoms with Crippen LogP contribution in [0.4, 0.5) is 11.4 Å². The van der Waals surface area contributed by atoms with Gasteiger partial charge < -0.3 is 9.73 Å². The van der Waals surface area contributed by atoms with E-state index in [0.29, 0.717) is 16.3 Å². The van der Waals surface area contributed by atoms with Crippen molar-refractivity contribution in [2.45, 2.75) is 0 Å². The Kier molecular flexibility index (Phi) is 5.62. The molecule has 0 radical (unpaired) electrons. The zero-order valence-corrected chi connectivity index (χ0v) is 17.9. The summed E-state index contributed by atoms with van der Waals surface area (Å²) in [6.07, 6.45) is 1.35. The van der Waals surface area contributed by atoms with Gasteiger partial charge in [0.1, 0.15) is 27.9 Å². The van der Waals surface area contributed by atoms with Crippen molar-refractivity contribution in [3.63, 3.8) is 0 Å². The molecule has 31 heavy (non-hydrogen) atoms. The fraction of sp³-hybridized carbons (Fsp3) is 0. The van der Waals surface area contributed by atoms with Crippen LogP contribution in [0.2, 0.25) is 0 Å². The smallest absolute Gasteiger partial charge is 0.345 e. The lowest BCUT2D eigenvalue weighted by molar-refractivity contribution is -0.383. The fourth-order valence-electron chi connectivity index (χ4n) is 2.84. The van der Waals surface area contributed by atoms with E-state index in [1.165, 1.54) is 29.7 Å². The van der Waals surface area contributed by atoms with Crippen LogP contribution in [-0.4, -0.2) is 9.91 Å². The van der Waals surface area contributed by atoms with E-state index < -0.39 is 10.5 Å². The number of anilines is 1. The molecule has 8 nitrogen and oxygen atoms in total. The molecule has 0 aliphatic heterocycles. The number of nitrogens with zero attached hydrogens (tertiary/aromatic N) is 3. The van der Waals surface area contributed by atoms with Crippen LogP contribution in [0.1, 0.15) is 5.01 Å². The van der Waals surface area contributed by atoms with Crippen LogP contribution in [0, 0.1) is 21.4 Å². The normalized spacial score (nSPS) is 11.3. The molecule has 0 amide bonds. The number of nitrogens with one attached hydrogen (secondary N) is 1. The average molecular weight is 495 g/mol. The van der Waals surface area contributed by atoms with Gasteiger partial charge in [0.05, 0.1) is 16.2 Å². The van der Waals surface area contributed by atoms with Crippen LogP contribution in [0.5, 0.6) is 0 Å². The van der Waals surface area contributed by atoms with E-state index in [4.69, 9.17) is 4.42 Å². The van der Waals surface area contributed by atoms with Crippen molar-refractivity contribution < 1.29 is 9.34 Å². The highest BCUT2D eigenvalue weighted by Gasteiger charge is 2.15. The number of aromatic nitrogens is 1. The highest BCUT2D eigenvalue weighted by Crippen LogP contribution is 2.28. The van der Waals surface area contributed by atoms with Gasteiger partial charge in [0.15, 0.2) is 0 Å². The maximum Gasteiger partial charge on any atom is 0.345 e. The number of benzene rings is 2. The number of fused-ring (bicyclic) bond motifs is 1. The molecule has 2 aromatic carbocycles. The largest absolute Gasteiger partial charge is 0.422 e. The molecule has 0 unspecified atom stereocenters. The van der Waals surface area contributed by atoms with Crippen LogP contribution in [-0.2, 0) is 0 Å². The van der Waals surface area contributed by atoms with E-state index >= 15 is 0 Å². The third kappa shape index (κ3) is 4.23. The lowest BCUT2D eigenvalue weighted by Crippen LogP contribution is -2.03. The maximum atomic E-state index is 12.4. The molecule has 0 aliphatic rings. The number of hydrogen-bond donors (Lipinski definition) is 1. The van der Waals surface area contributed by atoms with Gasteiger partial charge >= 0.3 is 5.63 Å². The van der Waals surface area contributed by atoms with Crippen LogP contribution < -0.4 is 10.9 Å². The molecule has 1 N–H and O–H groups in total. The molecular weight excluding hydrogens is 484 g/mol. The Balaban J connectivity index is 1.68. The first-order valence-corrected chi connectivity index (χ1v) is 10.4. The number of nitro benzene ring substituents is 1. The first-order valence-electron chi connectivity index (χ1n) is 8.76. The van der Waals surface area contributed by atoms with Crippen molar-refractivity contribution >= 4 is 55.2 Å². The average Bonchev–Trinajstić information content (AvgIpc) is 3.24. The summed E-state index contributed by atoms with van der Waals surface area (Å²) in [5, 5.41) is 26.2. The SMILES string of the molecule is N#C/C(=C\Nc1ccccc1[N+](=O)[O-])c1nc(-c2cc3cc(Br)ccc3oc2=O)cs1. The van der Waals surface area contributed by atoms with Gasteiger partial charge in [-0.15, -0.1) is 11.3 Å². The number of rotatable bonds is 5. The van der Waals surface area contributed by atoms with Gasteiger partial charge in [0.2, 0.25) is 0 Å². The minimum Gasteiger partial charge on any atom is -0.422 e. The van der Waals surface area contributed by atoms with Crippen LogP contribution in [0.15, 0.2) is 73.8 Å². The Morgan fingerprint density at radius 1 is 1.29 bits per heavy atom. The predicted octanol–water partition coefficient (Wildman–Crippen LogP) is 5.56. The molecule has 4 aromatic rings. The molecule has 0 aliphatic carbocycles. The van der Waals surface area contributed by atoms with Gasteiger partial charge in [-0.25, -0.2) is 9.78 Å². The Hall–Kier alpha value is -3.81. The molecule has 0 atom stereocenters. The number of halogens is 1. The minimum absolute atomic E-state index is 0.115. The highest BCUT2D eigenvalue weighted by molar-refractivity contribution is 9.10. The summed E-state index contributed by atoms with van der Waals surface area (Å²) in [4.78, 5) is 27.4. The number of thiazole rings is 1. The van der Waals surface area contributed by atoms with E-state index in [-0.39, 0.29) is 22.5 Å².